The summed E-state index contributed by atoms with van der Waals surface area (Å²) in [7, 11) is 1.63. The van der Waals surface area contributed by atoms with E-state index in [2.05, 4.69) is 4.98 Å². The highest BCUT2D eigenvalue weighted by Crippen LogP contribution is 2.22. The lowest BCUT2D eigenvalue weighted by atomic mass is 10.2. The Kier molecular flexibility index (Phi) is 6.19. The molecule has 0 radical (unpaired) electrons. The second-order valence-corrected chi connectivity index (χ2v) is 7.03. The molecule has 1 heterocycles. The number of amides is 1. The zero-order valence-electron chi connectivity index (χ0n) is 15.1. The number of para-hydroxylation sites is 1. The molecule has 0 aliphatic heterocycles. The molecule has 7 nitrogen and oxygen atoms in total. The predicted octanol–water partition coefficient (Wildman–Crippen LogP) is 2.75. The third-order valence-corrected chi connectivity index (χ3v) is 4.85. The monoisotopic (exact) mass is 395 g/mol. The highest BCUT2D eigenvalue weighted by Gasteiger charge is 2.15. The molecule has 1 amide bonds. The zero-order valence-corrected chi connectivity index (χ0v) is 15.9. The molecule has 1 aromatic heterocycles. The summed E-state index contributed by atoms with van der Waals surface area (Å²) in [5, 5.41) is 9.55. The Morgan fingerprint density at radius 2 is 1.89 bits per heavy atom. The Labute approximate surface area is 165 Å². The molecular formula is C20H17N3O4S. The SMILES string of the molecule is CN(Cc1nc2ccccc2s1)C(=O)COC(=O)COc1ccc(C#N)cc1. The summed E-state index contributed by atoms with van der Waals surface area (Å²) in [6.45, 7) is -0.338. The van der Waals surface area contributed by atoms with Crippen LogP contribution in [0.1, 0.15) is 10.6 Å². The third kappa shape index (κ3) is 5.05. The topological polar surface area (TPSA) is 92.5 Å². The molecule has 0 unspecified atom stereocenters. The Morgan fingerprint density at radius 3 is 2.61 bits per heavy atom. The van der Waals surface area contributed by atoms with Crippen LogP contribution in [0.15, 0.2) is 48.5 Å². The normalized spacial score (nSPS) is 10.3. The number of carbonyl (C=O) groups excluding carboxylic acids is 2. The van der Waals surface area contributed by atoms with Gasteiger partial charge in [-0.2, -0.15) is 5.26 Å². The van der Waals surface area contributed by atoms with E-state index in [1.165, 1.54) is 16.2 Å². The molecule has 3 aromatic rings. The van der Waals surface area contributed by atoms with E-state index in [1.54, 1.807) is 31.3 Å². The van der Waals surface area contributed by atoms with Crippen LogP contribution in [0.3, 0.4) is 0 Å². The van der Waals surface area contributed by atoms with Crippen molar-refractivity contribution in [1.29, 1.82) is 5.26 Å². The maximum absolute atomic E-state index is 12.2. The molecule has 0 aliphatic rings. The second kappa shape index (κ2) is 8.97. The van der Waals surface area contributed by atoms with E-state index in [0.29, 0.717) is 17.9 Å². The van der Waals surface area contributed by atoms with Gasteiger partial charge in [-0.05, 0) is 36.4 Å². The average Bonchev–Trinajstić information content (AvgIpc) is 3.13. The van der Waals surface area contributed by atoms with Crippen molar-refractivity contribution in [3.8, 4) is 11.8 Å². The molecule has 0 saturated heterocycles. The van der Waals surface area contributed by atoms with E-state index in [9.17, 15) is 9.59 Å². The minimum absolute atomic E-state index is 0.319. The van der Waals surface area contributed by atoms with Gasteiger partial charge in [0.2, 0.25) is 0 Å². The smallest absolute Gasteiger partial charge is 0.344 e. The summed E-state index contributed by atoms with van der Waals surface area (Å²) >= 11 is 1.52. The van der Waals surface area contributed by atoms with Crippen molar-refractivity contribution in [3.05, 3.63) is 59.1 Å². The van der Waals surface area contributed by atoms with Gasteiger partial charge in [0, 0.05) is 7.05 Å². The average molecular weight is 395 g/mol. The van der Waals surface area contributed by atoms with E-state index in [1.807, 2.05) is 30.3 Å². The van der Waals surface area contributed by atoms with E-state index >= 15 is 0 Å². The molecule has 0 fully saturated rings. The lowest BCUT2D eigenvalue weighted by Gasteiger charge is -2.15. The lowest BCUT2D eigenvalue weighted by Crippen LogP contribution is -2.31. The van der Waals surface area contributed by atoms with Crippen LogP contribution in [0.2, 0.25) is 0 Å². The number of rotatable bonds is 7. The third-order valence-electron chi connectivity index (χ3n) is 3.83. The molecule has 0 aliphatic carbocycles. The van der Waals surface area contributed by atoms with Crippen LogP contribution >= 0.6 is 11.3 Å². The van der Waals surface area contributed by atoms with Gasteiger partial charge in [-0.15, -0.1) is 11.3 Å². The highest BCUT2D eigenvalue weighted by molar-refractivity contribution is 7.18. The van der Waals surface area contributed by atoms with Crippen LogP contribution in [0.4, 0.5) is 0 Å². The molecule has 0 spiro atoms. The maximum atomic E-state index is 12.2. The molecule has 0 saturated carbocycles. The number of esters is 1. The first-order valence-electron chi connectivity index (χ1n) is 8.42. The minimum atomic E-state index is -0.647. The fourth-order valence-electron chi connectivity index (χ4n) is 2.34. The molecule has 0 N–H and O–H groups in total. The Balaban J connectivity index is 1.43. The van der Waals surface area contributed by atoms with E-state index in [4.69, 9.17) is 14.7 Å². The predicted molar refractivity (Wildman–Crippen MR) is 104 cm³/mol. The summed E-state index contributed by atoms with van der Waals surface area (Å²) in [6.07, 6.45) is 0. The molecule has 3 rings (SSSR count). The summed E-state index contributed by atoms with van der Waals surface area (Å²) in [4.78, 5) is 29.9. The van der Waals surface area contributed by atoms with Gasteiger partial charge in [0.15, 0.2) is 13.2 Å². The quantitative estimate of drug-likeness (QED) is 0.571. The van der Waals surface area contributed by atoms with Gasteiger partial charge in [0.05, 0.1) is 28.4 Å². The Bertz CT molecular complexity index is 991. The summed E-state index contributed by atoms with van der Waals surface area (Å²) in [5.41, 5.74) is 1.39. The molecule has 8 heteroatoms. The van der Waals surface area contributed by atoms with Crippen molar-refractivity contribution in [1.82, 2.24) is 9.88 Å². The molecule has 28 heavy (non-hydrogen) atoms. The van der Waals surface area contributed by atoms with Crippen LogP contribution < -0.4 is 4.74 Å². The standard InChI is InChI=1S/C20H17N3O4S/c1-23(11-18-22-16-4-2-3-5-17(16)28-18)19(24)12-27-20(25)13-26-15-8-6-14(10-21)7-9-15/h2-9H,11-13H2,1H3. The van der Waals surface area contributed by atoms with Crippen LogP contribution in [-0.2, 0) is 20.9 Å². The fourth-order valence-corrected chi connectivity index (χ4v) is 3.36. The van der Waals surface area contributed by atoms with E-state index in [0.717, 1.165) is 15.2 Å². The van der Waals surface area contributed by atoms with Gasteiger partial charge in [0.1, 0.15) is 10.8 Å². The lowest BCUT2D eigenvalue weighted by molar-refractivity contribution is -0.153. The van der Waals surface area contributed by atoms with Crippen molar-refractivity contribution in [2.24, 2.45) is 0 Å². The number of likely N-dealkylation sites (N-methyl/N-ethyl adjacent to an activating group) is 1. The summed E-state index contributed by atoms with van der Waals surface area (Å²) in [5.74, 6) is -0.535. The van der Waals surface area contributed by atoms with E-state index < -0.39 is 5.97 Å². The largest absolute Gasteiger partial charge is 0.482 e. The molecule has 0 bridgehead atoms. The summed E-state index contributed by atoms with van der Waals surface area (Å²) in [6, 6.07) is 16.1. The Morgan fingerprint density at radius 1 is 1.14 bits per heavy atom. The zero-order chi connectivity index (χ0) is 19.9. The van der Waals surface area contributed by atoms with Crippen molar-refractivity contribution in [2.75, 3.05) is 20.3 Å². The second-order valence-electron chi connectivity index (χ2n) is 5.91. The van der Waals surface area contributed by atoms with Crippen molar-refractivity contribution in [2.45, 2.75) is 6.54 Å². The number of fused-ring (bicyclic) bond motifs is 1. The minimum Gasteiger partial charge on any atom is -0.482 e. The molecule has 2 aromatic carbocycles. The van der Waals surface area contributed by atoms with Crippen LogP contribution in [-0.4, -0.2) is 42.0 Å². The van der Waals surface area contributed by atoms with Gasteiger partial charge in [-0.25, -0.2) is 9.78 Å². The number of thiazole rings is 1. The molecular weight excluding hydrogens is 378 g/mol. The van der Waals surface area contributed by atoms with Gasteiger partial charge < -0.3 is 14.4 Å². The fraction of sp³-hybridized carbons (Fsp3) is 0.200. The summed E-state index contributed by atoms with van der Waals surface area (Å²) < 4.78 is 11.3. The molecule has 142 valence electrons. The number of nitrogens with zero attached hydrogens (tertiary/aromatic N) is 3. The number of nitriles is 1. The molecule has 0 atom stereocenters. The van der Waals surface area contributed by atoms with Crippen LogP contribution in [0, 0.1) is 11.3 Å². The number of carbonyl (C=O) groups is 2. The maximum Gasteiger partial charge on any atom is 0.344 e. The van der Waals surface area contributed by atoms with Crippen LogP contribution in [0.5, 0.6) is 5.75 Å². The van der Waals surface area contributed by atoms with Crippen molar-refractivity contribution >= 4 is 33.4 Å². The number of hydrogen-bond donors (Lipinski definition) is 0. The number of hydrogen-bond acceptors (Lipinski definition) is 7. The van der Waals surface area contributed by atoms with Crippen molar-refractivity contribution in [3.63, 3.8) is 0 Å². The van der Waals surface area contributed by atoms with Gasteiger partial charge in [0.25, 0.3) is 5.91 Å². The number of benzene rings is 2. The van der Waals surface area contributed by atoms with Gasteiger partial charge in [-0.3, -0.25) is 4.79 Å². The van der Waals surface area contributed by atoms with Gasteiger partial charge in [-0.1, -0.05) is 12.1 Å². The number of ether oxygens (including phenoxy) is 2. The highest BCUT2D eigenvalue weighted by atomic mass is 32.1. The van der Waals surface area contributed by atoms with Crippen molar-refractivity contribution < 1.29 is 19.1 Å². The van der Waals surface area contributed by atoms with Gasteiger partial charge >= 0.3 is 5.97 Å². The van der Waals surface area contributed by atoms with E-state index in [-0.39, 0.29) is 19.1 Å². The number of aromatic nitrogens is 1. The first-order chi connectivity index (χ1) is 13.5. The van der Waals surface area contributed by atoms with Crippen LogP contribution in [0.25, 0.3) is 10.2 Å². The first kappa shape index (κ1) is 19.3. The Hall–Kier alpha value is -3.44. The first-order valence-corrected chi connectivity index (χ1v) is 9.24.